The second kappa shape index (κ2) is 11.0. The van der Waals surface area contributed by atoms with Gasteiger partial charge in [0.05, 0.1) is 23.5 Å². The predicted molar refractivity (Wildman–Crippen MR) is 134 cm³/mol. The van der Waals surface area contributed by atoms with Gasteiger partial charge >= 0.3 is 0 Å². The summed E-state index contributed by atoms with van der Waals surface area (Å²) >= 11 is 0.690. The molecule has 1 saturated heterocycles. The van der Waals surface area contributed by atoms with Crippen LogP contribution in [0.2, 0.25) is 0 Å². The molecule has 0 N–H and O–H groups in total. The first-order valence-electron chi connectivity index (χ1n) is 10.8. The minimum Gasteiger partial charge on any atom is -0.493 e. The van der Waals surface area contributed by atoms with Crippen LogP contribution in [0.25, 0.3) is 6.08 Å². The highest BCUT2D eigenvalue weighted by Gasteiger charge is 2.36. The highest BCUT2D eigenvalue weighted by molar-refractivity contribution is 8.18. The second-order valence-electron chi connectivity index (χ2n) is 7.79. The predicted octanol–water partition coefficient (Wildman–Crippen LogP) is 5.24. The lowest BCUT2D eigenvalue weighted by atomic mass is 10.1. The number of ether oxygens (including phenoxy) is 2. The molecular formula is C26H19FN2O7S. The molecule has 0 aliphatic carbocycles. The number of thioether (sulfide) groups is 1. The Kier molecular flexibility index (Phi) is 7.63. The number of halogens is 1. The Hall–Kier alpha value is -4.51. The number of hydrogen-bond donors (Lipinski definition) is 0. The first-order valence-corrected chi connectivity index (χ1v) is 11.7. The van der Waals surface area contributed by atoms with Crippen LogP contribution in [0.15, 0.2) is 71.6 Å². The van der Waals surface area contributed by atoms with Gasteiger partial charge in [-0.1, -0.05) is 24.3 Å². The lowest BCUT2D eigenvalue weighted by molar-refractivity contribution is -0.384. The maximum absolute atomic E-state index is 13.9. The number of rotatable bonds is 9. The highest BCUT2D eigenvalue weighted by atomic mass is 32.2. The Morgan fingerprint density at radius 1 is 1.08 bits per heavy atom. The van der Waals surface area contributed by atoms with E-state index in [-0.39, 0.29) is 28.6 Å². The molecule has 1 fully saturated rings. The zero-order valence-corrected chi connectivity index (χ0v) is 20.2. The number of benzene rings is 3. The lowest BCUT2D eigenvalue weighted by Gasteiger charge is -2.12. The molecule has 4 rings (SSSR count). The van der Waals surface area contributed by atoms with Crippen molar-refractivity contribution < 1.29 is 33.2 Å². The zero-order chi connectivity index (χ0) is 26.5. The molecule has 2 amide bonds. The molecule has 0 bridgehead atoms. The van der Waals surface area contributed by atoms with Gasteiger partial charge in [-0.05, 0) is 53.7 Å². The van der Waals surface area contributed by atoms with Crippen LogP contribution in [-0.2, 0) is 11.4 Å². The van der Waals surface area contributed by atoms with E-state index < -0.39 is 28.4 Å². The molecule has 188 valence electrons. The van der Waals surface area contributed by atoms with Crippen molar-refractivity contribution in [3.8, 4) is 11.5 Å². The van der Waals surface area contributed by atoms with Crippen molar-refractivity contribution in [2.24, 2.45) is 0 Å². The Morgan fingerprint density at radius 2 is 1.81 bits per heavy atom. The van der Waals surface area contributed by atoms with Crippen molar-refractivity contribution >= 4 is 40.5 Å². The molecule has 11 heteroatoms. The Bertz CT molecular complexity index is 1420. The number of carbonyl (C=O) groups is 3. The molecule has 1 heterocycles. The summed E-state index contributed by atoms with van der Waals surface area (Å²) in [5.41, 5.74) is 0.891. The standard InChI is InChI=1S/C26H19FN2O7S/c1-35-23-12-16(6-11-22(23)36-15-18-4-2-3-5-20(18)27)13-24-25(31)28(26(32)37-24)14-21(30)17-7-9-19(10-8-17)29(33)34/h2-13H,14-15H2,1H3/b24-13+. The van der Waals surface area contributed by atoms with Crippen LogP contribution in [0.3, 0.4) is 0 Å². The number of nitrogens with zero attached hydrogens (tertiary/aromatic N) is 2. The largest absolute Gasteiger partial charge is 0.493 e. The summed E-state index contributed by atoms with van der Waals surface area (Å²) in [6.07, 6.45) is 1.49. The van der Waals surface area contributed by atoms with Gasteiger partial charge in [0.2, 0.25) is 0 Å². The maximum atomic E-state index is 13.9. The fraction of sp³-hybridized carbons (Fsp3) is 0.115. The van der Waals surface area contributed by atoms with Crippen LogP contribution >= 0.6 is 11.8 Å². The van der Waals surface area contributed by atoms with E-state index in [9.17, 15) is 28.9 Å². The fourth-order valence-electron chi connectivity index (χ4n) is 3.46. The lowest BCUT2D eigenvalue weighted by Crippen LogP contribution is -2.33. The van der Waals surface area contributed by atoms with Gasteiger partial charge in [-0.15, -0.1) is 0 Å². The molecule has 0 aromatic heterocycles. The Balaban J connectivity index is 1.46. The molecular weight excluding hydrogens is 503 g/mol. The summed E-state index contributed by atoms with van der Waals surface area (Å²) in [4.78, 5) is 48.9. The molecule has 0 atom stereocenters. The van der Waals surface area contributed by atoms with E-state index in [2.05, 4.69) is 0 Å². The molecule has 0 radical (unpaired) electrons. The van der Waals surface area contributed by atoms with Crippen LogP contribution in [0, 0.1) is 15.9 Å². The summed E-state index contributed by atoms with van der Waals surface area (Å²) in [5.74, 6) is -0.844. The maximum Gasteiger partial charge on any atom is 0.293 e. The van der Waals surface area contributed by atoms with Gasteiger partial charge in [0.25, 0.3) is 16.8 Å². The number of hydrogen-bond acceptors (Lipinski definition) is 8. The average molecular weight is 523 g/mol. The molecule has 0 saturated carbocycles. The van der Waals surface area contributed by atoms with Crippen molar-refractivity contribution in [3.63, 3.8) is 0 Å². The van der Waals surface area contributed by atoms with Crippen LogP contribution in [0.4, 0.5) is 14.9 Å². The summed E-state index contributed by atoms with van der Waals surface area (Å²) in [6, 6.07) is 16.0. The summed E-state index contributed by atoms with van der Waals surface area (Å²) < 4.78 is 24.9. The molecule has 0 unspecified atom stereocenters. The van der Waals surface area contributed by atoms with Gasteiger partial charge in [0, 0.05) is 23.3 Å². The Morgan fingerprint density at radius 3 is 2.49 bits per heavy atom. The number of imide groups is 1. The van der Waals surface area contributed by atoms with Gasteiger partial charge in [-0.3, -0.25) is 29.4 Å². The number of nitro groups is 1. The van der Waals surface area contributed by atoms with E-state index in [1.807, 2.05) is 0 Å². The number of nitro benzene ring substituents is 1. The van der Waals surface area contributed by atoms with Crippen molar-refractivity contribution in [2.45, 2.75) is 6.61 Å². The number of Topliss-reactive ketones (excluding diaryl/α,β-unsaturated/α-hetero) is 1. The highest BCUT2D eigenvalue weighted by Crippen LogP contribution is 2.35. The third-order valence-electron chi connectivity index (χ3n) is 5.40. The fourth-order valence-corrected chi connectivity index (χ4v) is 4.29. The molecule has 3 aromatic rings. The summed E-state index contributed by atoms with van der Waals surface area (Å²) in [7, 11) is 1.44. The van der Waals surface area contributed by atoms with Gasteiger partial charge in [-0.2, -0.15) is 0 Å². The molecule has 1 aliphatic rings. The third-order valence-corrected chi connectivity index (χ3v) is 6.31. The van der Waals surface area contributed by atoms with Crippen LogP contribution in [0.1, 0.15) is 21.5 Å². The van der Waals surface area contributed by atoms with E-state index in [1.54, 1.807) is 36.4 Å². The van der Waals surface area contributed by atoms with Crippen molar-refractivity contribution in [1.29, 1.82) is 0 Å². The molecule has 1 aliphatic heterocycles. The van der Waals surface area contributed by atoms with Crippen molar-refractivity contribution in [1.82, 2.24) is 4.90 Å². The Labute approximate surface area is 214 Å². The number of ketones is 1. The molecule has 0 spiro atoms. The van der Waals surface area contributed by atoms with E-state index >= 15 is 0 Å². The van der Waals surface area contributed by atoms with Crippen molar-refractivity contribution in [2.75, 3.05) is 13.7 Å². The molecule has 9 nitrogen and oxygen atoms in total. The zero-order valence-electron chi connectivity index (χ0n) is 19.4. The number of methoxy groups -OCH3 is 1. The summed E-state index contributed by atoms with van der Waals surface area (Å²) in [6.45, 7) is -0.504. The van der Waals surface area contributed by atoms with Crippen LogP contribution in [-0.4, -0.2) is 40.4 Å². The quantitative estimate of drug-likeness (QED) is 0.162. The monoisotopic (exact) mass is 522 g/mol. The van der Waals surface area contributed by atoms with Gasteiger partial charge in [0.15, 0.2) is 17.3 Å². The number of non-ortho nitro benzene ring substituents is 1. The smallest absolute Gasteiger partial charge is 0.293 e. The third kappa shape index (κ3) is 5.84. The minimum absolute atomic E-state index is 0.00986. The second-order valence-corrected chi connectivity index (χ2v) is 8.78. The van der Waals surface area contributed by atoms with Gasteiger partial charge in [-0.25, -0.2) is 4.39 Å². The van der Waals surface area contributed by atoms with E-state index in [1.165, 1.54) is 43.5 Å². The van der Waals surface area contributed by atoms with E-state index in [4.69, 9.17) is 9.47 Å². The van der Waals surface area contributed by atoms with Gasteiger partial charge < -0.3 is 9.47 Å². The van der Waals surface area contributed by atoms with Crippen LogP contribution in [0.5, 0.6) is 11.5 Å². The molecule has 37 heavy (non-hydrogen) atoms. The number of amides is 2. The molecule has 3 aromatic carbocycles. The van der Waals surface area contributed by atoms with E-state index in [0.29, 0.717) is 34.4 Å². The SMILES string of the molecule is COc1cc(/C=C2/SC(=O)N(CC(=O)c3ccc([N+](=O)[O-])cc3)C2=O)ccc1OCc1ccccc1F. The van der Waals surface area contributed by atoms with Gasteiger partial charge in [0.1, 0.15) is 12.4 Å². The van der Waals surface area contributed by atoms with Crippen molar-refractivity contribution in [3.05, 3.63) is 104 Å². The topological polar surface area (TPSA) is 116 Å². The van der Waals surface area contributed by atoms with Crippen LogP contribution < -0.4 is 9.47 Å². The minimum atomic E-state index is -0.635. The summed E-state index contributed by atoms with van der Waals surface area (Å²) in [5, 5.41) is 10.2. The normalized spacial score (nSPS) is 14.2. The first kappa shape index (κ1) is 25.6. The van der Waals surface area contributed by atoms with E-state index in [0.717, 1.165) is 4.90 Å². The number of carbonyl (C=O) groups excluding carboxylic acids is 3. The average Bonchev–Trinajstić information content (AvgIpc) is 3.15. The first-order chi connectivity index (χ1) is 17.8.